The smallest absolute Gasteiger partial charge is 0.302 e. The van der Waals surface area contributed by atoms with Gasteiger partial charge in [-0.3, -0.25) is 0 Å². The lowest BCUT2D eigenvalue weighted by Gasteiger charge is -2.14. The van der Waals surface area contributed by atoms with Crippen LogP contribution in [0.4, 0.5) is 22.0 Å². The number of benzene rings is 2. The maximum absolute atomic E-state index is 13.5. The maximum Gasteiger partial charge on any atom is 0.302 e. The summed E-state index contributed by atoms with van der Waals surface area (Å²) in [6.07, 6.45) is -3.62. The van der Waals surface area contributed by atoms with E-state index >= 15 is 0 Å². The van der Waals surface area contributed by atoms with Crippen molar-refractivity contribution in [3.8, 4) is 11.5 Å². The van der Waals surface area contributed by atoms with Gasteiger partial charge in [-0.15, -0.1) is 0 Å². The van der Waals surface area contributed by atoms with Gasteiger partial charge < -0.3 is 4.74 Å². The van der Waals surface area contributed by atoms with Gasteiger partial charge in [0.1, 0.15) is 17.3 Å². The monoisotopic (exact) mass is 366 g/mol. The van der Waals surface area contributed by atoms with Crippen LogP contribution in [0.25, 0.3) is 0 Å². The average Bonchev–Trinajstić information content (AvgIpc) is 2.70. The summed E-state index contributed by atoms with van der Waals surface area (Å²) < 4.78 is 72.2. The molecule has 2 aromatic rings. The zero-order valence-corrected chi connectivity index (χ0v) is 12.8. The van der Waals surface area contributed by atoms with Crippen molar-refractivity contribution in [1.82, 2.24) is 0 Å². The van der Waals surface area contributed by atoms with Crippen molar-refractivity contribution in [1.29, 1.82) is 0 Å². The Labute approximate surface area is 137 Å². The average molecular weight is 367 g/mol. The van der Waals surface area contributed by atoms with E-state index in [1.807, 2.05) is 0 Å². The van der Waals surface area contributed by atoms with Crippen LogP contribution in [0.3, 0.4) is 0 Å². The molecule has 0 radical (unpaired) electrons. The molecule has 0 bridgehead atoms. The minimum atomic E-state index is -3.13. The van der Waals surface area contributed by atoms with Gasteiger partial charge in [-0.05, 0) is 23.8 Å². The van der Waals surface area contributed by atoms with Crippen molar-refractivity contribution in [2.75, 3.05) is 0 Å². The summed E-state index contributed by atoms with van der Waals surface area (Å²) in [5.41, 5.74) is -0.481. The van der Waals surface area contributed by atoms with Crippen LogP contribution in [0.2, 0.25) is 5.02 Å². The fourth-order valence-corrected chi connectivity index (χ4v) is 3.61. The highest BCUT2D eigenvalue weighted by molar-refractivity contribution is 8.00. The summed E-state index contributed by atoms with van der Waals surface area (Å²) in [4.78, 5) is -0.190. The number of fused-ring (bicyclic) bond motifs is 1. The highest BCUT2D eigenvalue weighted by Gasteiger charge is 2.42. The summed E-state index contributed by atoms with van der Waals surface area (Å²) in [6.45, 7) is 0. The molecule has 23 heavy (non-hydrogen) atoms. The lowest BCUT2D eigenvalue weighted by molar-refractivity contribution is 0.111. The summed E-state index contributed by atoms with van der Waals surface area (Å²) >= 11 is 5.76. The Morgan fingerprint density at radius 3 is 2.57 bits per heavy atom. The molecular weight excluding hydrogens is 359 g/mol. The topological polar surface area (TPSA) is 9.23 Å². The third-order valence-electron chi connectivity index (χ3n) is 3.17. The van der Waals surface area contributed by atoms with Crippen LogP contribution in [0.5, 0.6) is 11.5 Å². The van der Waals surface area contributed by atoms with E-state index < -0.39 is 29.5 Å². The van der Waals surface area contributed by atoms with E-state index in [4.69, 9.17) is 16.3 Å². The molecule has 1 heterocycles. The van der Waals surface area contributed by atoms with Crippen molar-refractivity contribution in [3.63, 3.8) is 0 Å². The first-order valence-electron chi connectivity index (χ1n) is 6.40. The van der Waals surface area contributed by atoms with Gasteiger partial charge >= 0.3 is 5.25 Å². The first-order valence-corrected chi connectivity index (χ1v) is 7.59. The molecule has 0 saturated heterocycles. The van der Waals surface area contributed by atoms with E-state index in [0.717, 1.165) is 12.1 Å². The maximum atomic E-state index is 13.5. The minimum absolute atomic E-state index is 0.0284. The second kappa shape index (κ2) is 5.87. The van der Waals surface area contributed by atoms with Gasteiger partial charge in [0.05, 0.1) is 5.56 Å². The Balaban J connectivity index is 2.04. The molecule has 1 nitrogen and oxygen atoms in total. The van der Waals surface area contributed by atoms with E-state index in [2.05, 4.69) is 0 Å². The van der Waals surface area contributed by atoms with Crippen molar-refractivity contribution < 1.29 is 26.7 Å². The predicted molar refractivity (Wildman–Crippen MR) is 77.4 cm³/mol. The fraction of sp³-hybridized carbons (Fsp3) is 0.200. The van der Waals surface area contributed by atoms with Crippen molar-refractivity contribution in [2.45, 2.75) is 23.0 Å². The van der Waals surface area contributed by atoms with Crippen LogP contribution in [-0.2, 0) is 6.42 Å². The van der Waals surface area contributed by atoms with Crippen molar-refractivity contribution >= 4 is 23.4 Å². The number of halogens is 6. The van der Waals surface area contributed by atoms with E-state index in [1.54, 1.807) is 0 Å². The summed E-state index contributed by atoms with van der Waals surface area (Å²) in [7, 11) is 0. The lowest BCUT2D eigenvalue weighted by Crippen LogP contribution is -2.06. The number of hydrogen-bond donors (Lipinski definition) is 0. The molecule has 0 amide bonds. The third kappa shape index (κ3) is 3.40. The van der Waals surface area contributed by atoms with Gasteiger partial charge in [-0.1, -0.05) is 29.4 Å². The molecule has 0 atom stereocenters. The van der Waals surface area contributed by atoms with Crippen molar-refractivity contribution in [2.24, 2.45) is 0 Å². The van der Waals surface area contributed by atoms with E-state index in [-0.39, 0.29) is 38.7 Å². The number of hydrogen-bond acceptors (Lipinski definition) is 2. The van der Waals surface area contributed by atoms with Crippen LogP contribution >= 0.6 is 23.4 Å². The standard InChI is InChI=1S/C15H8ClF5OS/c16-8-3-9(17)5-10(4-8)22-11-2-1-7-6-15(20,21)23-13(7)12(11)14(18)19/h1-5,14H,6H2. The Kier molecular flexibility index (Phi) is 4.18. The van der Waals surface area contributed by atoms with Gasteiger partial charge in [-0.2, -0.15) is 8.78 Å². The molecule has 1 aliphatic heterocycles. The minimum Gasteiger partial charge on any atom is -0.457 e. The number of ether oxygens (including phenoxy) is 1. The molecule has 0 aromatic heterocycles. The largest absolute Gasteiger partial charge is 0.457 e. The van der Waals surface area contributed by atoms with Crippen LogP contribution < -0.4 is 4.74 Å². The molecule has 0 N–H and O–H groups in total. The van der Waals surface area contributed by atoms with E-state index in [1.165, 1.54) is 18.2 Å². The van der Waals surface area contributed by atoms with E-state index in [0.29, 0.717) is 0 Å². The van der Waals surface area contributed by atoms with Gasteiger partial charge in [0, 0.05) is 22.4 Å². The molecule has 0 saturated carbocycles. The second-order valence-electron chi connectivity index (χ2n) is 4.89. The first-order chi connectivity index (χ1) is 10.7. The van der Waals surface area contributed by atoms with Crippen LogP contribution in [-0.4, -0.2) is 5.25 Å². The Bertz CT molecular complexity index is 746. The van der Waals surface area contributed by atoms with Crippen LogP contribution in [0, 0.1) is 5.82 Å². The normalized spacial score (nSPS) is 15.8. The SMILES string of the molecule is Fc1cc(Cl)cc(Oc2ccc3c(c2C(F)F)SC(F)(F)C3)c1. The zero-order valence-electron chi connectivity index (χ0n) is 11.3. The number of thioether (sulfide) groups is 1. The Morgan fingerprint density at radius 1 is 1.17 bits per heavy atom. The van der Waals surface area contributed by atoms with Gasteiger partial charge in [0.2, 0.25) is 0 Å². The molecule has 0 fully saturated rings. The van der Waals surface area contributed by atoms with Crippen LogP contribution in [0.1, 0.15) is 17.6 Å². The molecule has 8 heteroatoms. The number of rotatable bonds is 3. The lowest BCUT2D eigenvalue weighted by atomic mass is 10.1. The van der Waals surface area contributed by atoms with Crippen molar-refractivity contribution in [3.05, 3.63) is 52.3 Å². The molecule has 122 valence electrons. The van der Waals surface area contributed by atoms with Crippen LogP contribution in [0.15, 0.2) is 35.2 Å². The second-order valence-corrected chi connectivity index (χ2v) is 6.54. The quantitative estimate of drug-likeness (QED) is 0.577. The van der Waals surface area contributed by atoms with Gasteiger partial charge in [0.25, 0.3) is 6.43 Å². The molecular formula is C15H8ClF5OS. The number of alkyl halides is 4. The third-order valence-corrected chi connectivity index (χ3v) is 4.51. The first kappa shape index (κ1) is 16.4. The highest BCUT2D eigenvalue weighted by Crippen LogP contribution is 2.53. The molecule has 0 aliphatic carbocycles. The molecule has 1 aliphatic rings. The zero-order chi connectivity index (χ0) is 16.8. The predicted octanol–water partition coefficient (Wildman–Crippen LogP) is 6.45. The fourth-order valence-electron chi connectivity index (χ4n) is 2.30. The molecule has 2 aromatic carbocycles. The molecule has 0 spiro atoms. The van der Waals surface area contributed by atoms with Gasteiger partial charge in [-0.25, -0.2) is 13.2 Å². The molecule has 0 unspecified atom stereocenters. The van der Waals surface area contributed by atoms with E-state index in [9.17, 15) is 22.0 Å². The summed E-state index contributed by atoms with van der Waals surface area (Å²) in [6, 6.07) is 5.74. The Morgan fingerprint density at radius 2 is 1.91 bits per heavy atom. The summed E-state index contributed by atoms with van der Waals surface area (Å²) in [5.74, 6) is -1.09. The Hall–Kier alpha value is -1.47. The molecule has 3 rings (SSSR count). The highest BCUT2D eigenvalue weighted by atomic mass is 35.5. The van der Waals surface area contributed by atoms with Gasteiger partial charge in [0.15, 0.2) is 0 Å². The summed E-state index contributed by atoms with van der Waals surface area (Å²) in [5, 5.41) is -3.10.